The van der Waals surface area contributed by atoms with E-state index in [1.807, 2.05) is 0 Å². The molecule has 1 atom stereocenters. The molecule has 0 radical (unpaired) electrons. The Kier molecular flexibility index (Phi) is 4.77. The number of nitrogens with two attached hydrogens (primary N) is 1. The van der Waals surface area contributed by atoms with Crippen LogP contribution in [0.15, 0.2) is 31.4 Å². The zero-order chi connectivity index (χ0) is 24.3. The smallest absolute Gasteiger partial charge is 0.246 e. The lowest BCUT2D eigenvalue weighted by atomic mass is 10.1. The molecule has 6 rings (SSSR count). The van der Waals surface area contributed by atoms with Gasteiger partial charge in [-0.1, -0.05) is 12.5 Å². The number of anilines is 1. The van der Waals surface area contributed by atoms with Gasteiger partial charge in [0, 0.05) is 25.2 Å². The quantitative estimate of drug-likeness (QED) is 0.361. The molecule has 4 heterocycles. The van der Waals surface area contributed by atoms with Gasteiger partial charge in [-0.2, -0.15) is 5.10 Å². The zero-order valence-corrected chi connectivity index (χ0v) is 18.6. The maximum atomic E-state index is 15.2. The largest absolute Gasteiger partial charge is 0.383 e. The maximum absolute atomic E-state index is 15.2. The molecule has 3 aromatic heterocycles. The van der Waals surface area contributed by atoms with Crippen molar-refractivity contribution in [3.05, 3.63) is 54.3 Å². The number of carbonyl (C=O) groups excluding carboxylic acids is 1. The molecule has 176 valence electrons. The molecule has 1 amide bonds. The monoisotopic (exact) mass is 474 g/mol. The minimum Gasteiger partial charge on any atom is -0.383 e. The molecular formula is C24H20F2N8O. The summed E-state index contributed by atoms with van der Waals surface area (Å²) in [6, 6.07) is 1.34. The van der Waals surface area contributed by atoms with Crippen molar-refractivity contribution in [2.24, 2.45) is 0 Å². The molecular weight excluding hydrogens is 454 g/mol. The number of halogens is 2. The van der Waals surface area contributed by atoms with Crippen molar-refractivity contribution in [1.82, 2.24) is 34.2 Å². The summed E-state index contributed by atoms with van der Waals surface area (Å²) < 4.78 is 33.6. The molecule has 0 bridgehead atoms. The molecule has 1 saturated carbocycles. The molecule has 0 spiro atoms. The fourth-order valence-electron chi connectivity index (χ4n) is 4.59. The Morgan fingerprint density at radius 2 is 2.00 bits per heavy atom. The van der Waals surface area contributed by atoms with E-state index in [1.54, 1.807) is 14.1 Å². The predicted octanol–water partition coefficient (Wildman–Crippen LogP) is 2.73. The highest BCUT2D eigenvalue weighted by Crippen LogP contribution is 2.38. The number of carbonyl (C=O) groups is 1. The minimum absolute atomic E-state index is 0.0822. The first-order valence-corrected chi connectivity index (χ1v) is 11.2. The summed E-state index contributed by atoms with van der Waals surface area (Å²) in [7, 11) is 0. The average Bonchev–Trinajstić information content (AvgIpc) is 3.26. The van der Waals surface area contributed by atoms with Gasteiger partial charge in [0.05, 0.1) is 28.8 Å². The maximum Gasteiger partial charge on any atom is 0.246 e. The number of likely N-dealkylation sites (tertiary alicyclic amines) is 1. The number of rotatable bonds is 3. The lowest BCUT2D eigenvalue weighted by molar-refractivity contribution is -0.125. The van der Waals surface area contributed by atoms with Crippen LogP contribution in [0.3, 0.4) is 0 Å². The Labute approximate surface area is 198 Å². The number of nitrogen functional groups attached to an aromatic ring is 1. The summed E-state index contributed by atoms with van der Waals surface area (Å²) in [6.45, 7) is 4.49. The van der Waals surface area contributed by atoms with E-state index in [0.29, 0.717) is 36.1 Å². The molecule has 2 aliphatic rings. The average molecular weight is 474 g/mol. The van der Waals surface area contributed by atoms with Crippen LogP contribution >= 0.6 is 0 Å². The Hall–Kier alpha value is -4.33. The summed E-state index contributed by atoms with van der Waals surface area (Å²) in [5, 5.41) is 4.95. The normalized spacial score (nSPS) is 17.7. The summed E-state index contributed by atoms with van der Waals surface area (Å²) in [4.78, 5) is 26.2. The van der Waals surface area contributed by atoms with Gasteiger partial charge in [-0.3, -0.25) is 4.79 Å². The minimum atomic E-state index is -0.811. The highest BCUT2D eigenvalue weighted by atomic mass is 19.1. The second kappa shape index (κ2) is 7.87. The van der Waals surface area contributed by atoms with Crippen LogP contribution in [-0.2, 0) is 4.79 Å². The highest BCUT2D eigenvalue weighted by molar-refractivity contribution is 5.91. The van der Waals surface area contributed by atoms with Gasteiger partial charge in [-0.05, 0) is 31.3 Å². The summed E-state index contributed by atoms with van der Waals surface area (Å²) in [6.07, 6.45) is 6.71. The third kappa shape index (κ3) is 3.41. The van der Waals surface area contributed by atoms with Gasteiger partial charge in [-0.25, -0.2) is 28.4 Å². The van der Waals surface area contributed by atoms with Crippen LogP contribution in [0.2, 0.25) is 0 Å². The molecule has 2 fully saturated rings. The summed E-state index contributed by atoms with van der Waals surface area (Å²) >= 11 is 0. The molecule has 35 heavy (non-hydrogen) atoms. The van der Waals surface area contributed by atoms with Crippen molar-refractivity contribution in [3.63, 3.8) is 0 Å². The molecule has 2 N–H and O–H groups in total. The number of fused-ring (bicyclic) bond motifs is 2. The molecule has 9 nitrogen and oxygen atoms in total. The van der Waals surface area contributed by atoms with Crippen LogP contribution < -0.4 is 5.73 Å². The van der Waals surface area contributed by atoms with E-state index in [2.05, 4.69) is 38.5 Å². The van der Waals surface area contributed by atoms with E-state index in [4.69, 9.17) is 5.73 Å². The predicted molar refractivity (Wildman–Crippen MR) is 124 cm³/mol. The van der Waals surface area contributed by atoms with Crippen molar-refractivity contribution < 1.29 is 13.6 Å². The molecule has 1 aliphatic heterocycles. The Balaban J connectivity index is 1.42. The van der Waals surface area contributed by atoms with Crippen LogP contribution in [0.5, 0.6) is 0 Å². The van der Waals surface area contributed by atoms with Crippen LogP contribution in [-0.4, -0.2) is 53.2 Å². The molecule has 0 unspecified atom stereocenters. The second-order valence-corrected chi connectivity index (χ2v) is 8.73. The van der Waals surface area contributed by atoms with Crippen molar-refractivity contribution >= 4 is 33.8 Å². The van der Waals surface area contributed by atoms with E-state index in [9.17, 15) is 9.18 Å². The number of imidazole rings is 1. The number of benzene rings is 1. The van der Waals surface area contributed by atoms with Gasteiger partial charge in [0.1, 0.15) is 29.2 Å². The molecule has 1 saturated heterocycles. The lowest BCUT2D eigenvalue weighted by Gasteiger charge is -2.14. The first-order valence-electron chi connectivity index (χ1n) is 11.2. The van der Waals surface area contributed by atoms with Crippen molar-refractivity contribution in [2.75, 3.05) is 18.8 Å². The van der Waals surface area contributed by atoms with Gasteiger partial charge < -0.3 is 15.2 Å². The molecule has 1 aromatic carbocycles. The number of hydrogen-bond donors (Lipinski definition) is 1. The van der Waals surface area contributed by atoms with Gasteiger partial charge in [-0.15, -0.1) is 0 Å². The van der Waals surface area contributed by atoms with Gasteiger partial charge in [0.15, 0.2) is 11.5 Å². The Morgan fingerprint density at radius 3 is 2.77 bits per heavy atom. The van der Waals surface area contributed by atoms with Crippen molar-refractivity contribution in [1.29, 1.82) is 0 Å². The zero-order valence-electron chi connectivity index (χ0n) is 18.6. The third-order valence-electron chi connectivity index (χ3n) is 6.52. The van der Waals surface area contributed by atoms with E-state index in [1.165, 1.54) is 24.8 Å². The second-order valence-electron chi connectivity index (χ2n) is 8.73. The van der Waals surface area contributed by atoms with Gasteiger partial charge in [0.25, 0.3) is 0 Å². The Bertz CT molecular complexity index is 1590. The fraction of sp³-hybridized carbons (Fsp3) is 0.292. The third-order valence-corrected chi connectivity index (χ3v) is 6.52. The van der Waals surface area contributed by atoms with E-state index >= 15 is 4.39 Å². The van der Waals surface area contributed by atoms with Crippen LogP contribution in [0.25, 0.3) is 22.1 Å². The van der Waals surface area contributed by atoms with Crippen molar-refractivity contribution in [3.8, 4) is 11.8 Å². The lowest BCUT2D eigenvalue weighted by Crippen LogP contribution is -2.27. The molecule has 11 heteroatoms. The van der Waals surface area contributed by atoms with Gasteiger partial charge >= 0.3 is 0 Å². The van der Waals surface area contributed by atoms with E-state index in [-0.39, 0.29) is 40.6 Å². The molecule has 4 aromatic rings. The van der Waals surface area contributed by atoms with Crippen LogP contribution in [0, 0.1) is 23.5 Å². The van der Waals surface area contributed by atoms with Gasteiger partial charge in [0.2, 0.25) is 5.91 Å². The number of aromatic nitrogens is 6. The first kappa shape index (κ1) is 21.2. The highest BCUT2D eigenvalue weighted by Gasteiger charge is 2.30. The van der Waals surface area contributed by atoms with E-state index in [0.717, 1.165) is 12.8 Å². The Morgan fingerprint density at radius 1 is 1.17 bits per heavy atom. The van der Waals surface area contributed by atoms with Crippen molar-refractivity contribution in [2.45, 2.75) is 31.3 Å². The first-order chi connectivity index (χ1) is 17.0. The molecule has 1 aliphatic carbocycles. The summed E-state index contributed by atoms with van der Waals surface area (Å²) in [5.74, 6) is 3.77. The number of hydrogen-bond acceptors (Lipinski definition) is 6. The van der Waals surface area contributed by atoms with Crippen LogP contribution in [0.4, 0.5) is 14.6 Å². The fourth-order valence-corrected chi connectivity index (χ4v) is 4.59. The van der Waals surface area contributed by atoms with Crippen LogP contribution in [0.1, 0.15) is 42.6 Å². The standard InChI is InChI=1S/C24H20F2N8O/c1-2-19(35)32-8-7-14(10-32)34-24-20(23(27)28-11-29-24)17(31-34)6-5-15-16(25)9-18-22(21(15)26)30-12-33(18)13-3-4-13/h2,9,11-14H,1,3-4,7-8,10H2,(H2,27,28,29)/t14-/m0/s1. The summed E-state index contributed by atoms with van der Waals surface area (Å²) in [5.41, 5.74) is 6.85. The SMILES string of the molecule is C=CC(=O)N1CC[C@H](n2nc(C#Cc3c(F)cc4c(ncn4C4CC4)c3F)c3c(N)ncnc32)C1. The van der Waals surface area contributed by atoms with E-state index < -0.39 is 11.6 Å². The topological polar surface area (TPSA) is 108 Å². The number of nitrogens with zero attached hydrogens (tertiary/aromatic N) is 7. The number of amides is 1.